The molecule has 0 spiro atoms. The lowest BCUT2D eigenvalue weighted by molar-refractivity contribution is 0.102. The minimum absolute atomic E-state index is 0.305. The van der Waals surface area contributed by atoms with E-state index in [2.05, 4.69) is 10.3 Å². The summed E-state index contributed by atoms with van der Waals surface area (Å²) in [5.74, 6) is 0.614. The van der Waals surface area contributed by atoms with Gasteiger partial charge in [-0.15, -0.1) is 0 Å². The number of pyridine rings is 1. The number of anilines is 1. The van der Waals surface area contributed by atoms with Crippen molar-refractivity contribution >= 4 is 34.1 Å². The molecule has 122 valence electrons. The van der Waals surface area contributed by atoms with Gasteiger partial charge in [-0.25, -0.2) is 4.98 Å². The van der Waals surface area contributed by atoms with Crippen LogP contribution in [0.5, 0.6) is 11.5 Å². The SMILES string of the molecule is COc1cc(Cl)c(NC(=O)c2ccc3ccccc3n2)cc1OC. The summed E-state index contributed by atoms with van der Waals surface area (Å²) in [7, 11) is 3.04. The van der Waals surface area contributed by atoms with E-state index in [1.54, 1.807) is 18.2 Å². The molecule has 3 rings (SSSR count). The molecule has 1 aromatic heterocycles. The maximum atomic E-state index is 12.5. The van der Waals surface area contributed by atoms with Crippen LogP contribution < -0.4 is 14.8 Å². The van der Waals surface area contributed by atoms with E-state index in [1.165, 1.54) is 14.2 Å². The number of hydrogen-bond acceptors (Lipinski definition) is 4. The van der Waals surface area contributed by atoms with Crippen LogP contribution >= 0.6 is 11.6 Å². The molecule has 1 N–H and O–H groups in total. The maximum Gasteiger partial charge on any atom is 0.274 e. The highest BCUT2D eigenvalue weighted by Crippen LogP contribution is 2.36. The number of benzene rings is 2. The molecule has 24 heavy (non-hydrogen) atoms. The van der Waals surface area contributed by atoms with E-state index in [9.17, 15) is 4.79 Å². The summed E-state index contributed by atoms with van der Waals surface area (Å²) in [6.07, 6.45) is 0. The first kappa shape index (κ1) is 16.1. The van der Waals surface area contributed by atoms with E-state index in [-0.39, 0.29) is 5.91 Å². The number of hydrogen-bond donors (Lipinski definition) is 1. The van der Waals surface area contributed by atoms with Crippen molar-refractivity contribution in [2.75, 3.05) is 19.5 Å². The van der Waals surface area contributed by atoms with Crippen LogP contribution in [0.25, 0.3) is 10.9 Å². The van der Waals surface area contributed by atoms with Gasteiger partial charge in [-0.1, -0.05) is 35.9 Å². The van der Waals surface area contributed by atoms with Gasteiger partial charge in [0.25, 0.3) is 5.91 Å². The van der Waals surface area contributed by atoms with Gasteiger partial charge in [0.1, 0.15) is 5.69 Å². The van der Waals surface area contributed by atoms with E-state index in [0.717, 1.165) is 10.9 Å². The number of rotatable bonds is 4. The third kappa shape index (κ3) is 3.12. The number of aromatic nitrogens is 1. The fourth-order valence-electron chi connectivity index (χ4n) is 2.33. The van der Waals surface area contributed by atoms with Crippen LogP contribution in [0.3, 0.4) is 0 Å². The second-order valence-electron chi connectivity index (χ2n) is 5.03. The minimum Gasteiger partial charge on any atom is -0.493 e. The first-order chi connectivity index (χ1) is 11.6. The van der Waals surface area contributed by atoms with Gasteiger partial charge in [0.2, 0.25) is 0 Å². The summed E-state index contributed by atoms with van der Waals surface area (Å²) in [5, 5.41) is 4.07. The van der Waals surface area contributed by atoms with Gasteiger partial charge in [-0.3, -0.25) is 4.79 Å². The Hall–Kier alpha value is -2.79. The summed E-state index contributed by atoms with van der Waals surface area (Å²) in [6, 6.07) is 14.3. The number of fused-ring (bicyclic) bond motifs is 1. The number of carbonyl (C=O) groups is 1. The molecule has 0 aliphatic carbocycles. The van der Waals surface area contributed by atoms with Crippen molar-refractivity contribution < 1.29 is 14.3 Å². The average molecular weight is 343 g/mol. The topological polar surface area (TPSA) is 60.5 Å². The maximum absolute atomic E-state index is 12.5. The molecule has 0 saturated heterocycles. The number of ether oxygens (including phenoxy) is 2. The van der Waals surface area contributed by atoms with Crippen molar-refractivity contribution in [1.82, 2.24) is 4.98 Å². The van der Waals surface area contributed by atoms with Crippen molar-refractivity contribution in [2.24, 2.45) is 0 Å². The monoisotopic (exact) mass is 342 g/mol. The molecule has 0 bridgehead atoms. The standard InChI is InChI=1S/C18H15ClN2O3/c1-23-16-9-12(19)15(10-17(16)24-2)21-18(22)14-8-7-11-5-3-4-6-13(11)20-14/h3-10H,1-2H3,(H,21,22). The number of para-hydroxylation sites is 1. The van der Waals surface area contributed by atoms with Crippen molar-refractivity contribution in [3.8, 4) is 11.5 Å². The van der Waals surface area contributed by atoms with Gasteiger partial charge in [-0.05, 0) is 12.1 Å². The first-order valence-corrected chi connectivity index (χ1v) is 7.59. The number of amides is 1. The number of nitrogens with one attached hydrogen (secondary N) is 1. The smallest absolute Gasteiger partial charge is 0.274 e. The molecule has 3 aromatic rings. The molecule has 0 aliphatic rings. The van der Waals surface area contributed by atoms with Crippen molar-refractivity contribution in [3.63, 3.8) is 0 Å². The minimum atomic E-state index is -0.352. The second-order valence-corrected chi connectivity index (χ2v) is 5.44. The zero-order chi connectivity index (χ0) is 17.1. The van der Waals surface area contributed by atoms with E-state index < -0.39 is 0 Å². The predicted molar refractivity (Wildman–Crippen MR) is 94.3 cm³/mol. The highest BCUT2D eigenvalue weighted by atomic mass is 35.5. The Bertz CT molecular complexity index is 912. The van der Waals surface area contributed by atoms with Gasteiger partial charge < -0.3 is 14.8 Å². The third-order valence-electron chi connectivity index (χ3n) is 3.55. The van der Waals surface area contributed by atoms with Crippen LogP contribution in [0.4, 0.5) is 5.69 Å². The van der Waals surface area contributed by atoms with Crippen LogP contribution in [-0.4, -0.2) is 25.1 Å². The van der Waals surface area contributed by atoms with Gasteiger partial charge >= 0.3 is 0 Å². The lowest BCUT2D eigenvalue weighted by Gasteiger charge is -2.12. The molecular weight excluding hydrogens is 328 g/mol. The van der Waals surface area contributed by atoms with Gasteiger partial charge in [0.05, 0.1) is 30.4 Å². The van der Waals surface area contributed by atoms with Gasteiger partial charge in [-0.2, -0.15) is 0 Å². The molecule has 0 unspecified atom stereocenters. The fraction of sp³-hybridized carbons (Fsp3) is 0.111. The molecule has 1 amide bonds. The molecule has 5 nitrogen and oxygen atoms in total. The van der Waals surface area contributed by atoms with Crippen LogP contribution in [0.1, 0.15) is 10.5 Å². The fourth-order valence-corrected chi connectivity index (χ4v) is 2.53. The zero-order valence-corrected chi connectivity index (χ0v) is 13.9. The van der Waals surface area contributed by atoms with Crippen LogP contribution in [0.15, 0.2) is 48.5 Å². The predicted octanol–water partition coefficient (Wildman–Crippen LogP) is 4.16. The molecule has 0 fully saturated rings. The Morgan fingerprint density at radius 1 is 1.04 bits per heavy atom. The Balaban J connectivity index is 1.90. The zero-order valence-electron chi connectivity index (χ0n) is 13.2. The quantitative estimate of drug-likeness (QED) is 0.773. The molecule has 2 aromatic carbocycles. The molecule has 6 heteroatoms. The second kappa shape index (κ2) is 6.76. The number of methoxy groups -OCH3 is 2. The average Bonchev–Trinajstić information content (AvgIpc) is 2.62. The summed E-state index contributed by atoms with van der Waals surface area (Å²) >= 11 is 6.19. The summed E-state index contributed by atoms with van der Waals surface area (Å²) in [4.78, 5) is 16.8. The Labute approximate surface area is 144 Å². The van der Waals surface area contributed by atoms with E-state index in [1.807, 2.05) is 30.3 Å². The van der Waals surface area contributed by atoms with Crippen LogP contribution in [0, 0.1) is 0 Å². The third-order valence-corrected chi connectivity index (χ3v) is 3.87. The van der Waals surface area contributed by atoms with Gasteiger partial charge in [0.15, 0.2) is 11.5 Å². The summed E-state index contributed by atoms with van der Waals surface area (Å²) in [5.41, 5.74) is 1.48. The normalized spacial score (nSPS) is 10.5. The summed E-state index contributed by atoms with van der Waals surface area (Å²) < 4.78 is 10.4. The van der Waals surface area contributed by atoms with E-state index in [0.29, 0.717) is 27.9 Å². The molecule has 0 saturated carbocycles. The van der Waals surface area contributed by atoms with Crippen molar-refractivity contribution in [3.05, 3.63) is 59.2 Å². The highest BCUT2D eigenvalue weighted by Gasteiger charge is 2.14. The van der Waals surface area contributed by atoms with Gasteiger partial charge in [0, 0.05) is 17.5 Å². The van der Waals surface area contributed by atoms with Crippen molar-refractivity contribution in [2.45, 2.75) is 0 Å². The summed E-state index contributed by atoms with van der Waals surface area (Å²) in [6.45, 7) is 0. The Morgan fingerprint density at radius 2 is 1.75 bits per heavy atom. The molecular formula is C18H15ClN2O3. The molecule has 0 radical (unpaired) electrons. The van der Waals surface area contributed by atoms with E-state index >= 15 is 0 Å². The number of halogens is 1. The number of carbonyl (C=O) groups excluding carboxylic acids is 1. The lowest BCUT2D eigenvalue weighted by atomic mass is 10.2. The lowest BCUT2D eigenvalue weighted by Crippen LogP contribution is -2.14. The Morgan fingerprint density at radius 3 is 2.50 bits per heavy atom. The Kier molecular flexibility index (Phi) is 4.53. The molecule has 0 aliphatic heterocycles. The largest absolute Gasteiger partial charge is 0.493 e. The van der Waals surface area contributed by atoms with Crippen LogP contribution in [-0.2, 0) is 0 Å². The highest BCUT2D eigenvalue weighted by molar-refractivity contribution is 6.34. The van der Waals surface area contributed by atoms with Crippen LogP contribution in [0.2, 0.25) is 5.02 Å². The van der Waals surface area contributed by atoms with Crippen molar-refractivity contribution in [1.29, 1.82) is 0 Å². The number of nitrogens with zero attached hydrogens (tertiary/aromatic N) is 1. The first-order valence-electron chi connectivity index (χ1n) is 7.21. The molecule has 0 atom stereocenters. The van der Waals surface area contributed by atoms with E-state index in [4.69, 9.17) is 21.1 Å². The molecule has 1 heterocycles.